The summed E-state index contributed by atoms with van der Waals surface area (Å²) in [6, 6.07) is 27.6. The Morgan fingerprint density at radius 2 is 1.21 bits per heavy atom. The summed E-state index contributed by atoms with van der Waals surface area (Å²) in [5, 5.41) is 0.446. The molecule has 38 heavy (non-hydrogen) atoms. The van der Waals surface area contributed by atoms with Gasteiger partial charge < -0.3 is 4.18 Å². The van der Waals surface area contributed by atoms with Gasteiger partial charge in [0, 0.05) is 10.6 Å². The second-order valence-electron chi connectivity index (χ2n) is 8.93. The van der Waals surface area contributed by atoms with Crippen LogP contribution in [-0.4, -0.2) is 13.9 Å². The van der Waals surface area contributed by atoms with Gasteiger partial charge in [0.15, 0.2) is 0 Å². The number of alkyl halides is 3. The van der Waals surface area contributed by atoms with E-state index in [-0.39, 0.29) is 0 Å². The summed E-state index contributed by atoms with van der Waals surface area (Å²) < 4.78 is 64.1. The molecular formula is C30H26ClF3O3S. The van der Waals surface area contributed by atoms with Crippen LogP contribution in [0.4, 0.5) is 13.2 Å². The van der Waals surface area contributed by atoms with E-state index in [2.05, 4.69) is 47.5 Å². The highest BCUT2D eigenvalue weighted by atomic mass is 35.5. The first-order valence-corrected chi connectivity index (χ1v) is 14.0. The molecule has 0 N–H and O–H groups in total. The molecule has 0 aliphatic rings. The predicted molar refractivity (Wildman–Crippen MR) is 147 cm³/mol. The quantitative estimate of drug-likeness (QED) is 0.117. The van der Waals surface area contributed by atoms with Crippen LogP contribution < -0.4 is 4.18 Å². The second kappa shape index (κ2) is 11.6. The van der Waals surface area contributed by atoms with Crippen LogP contribution in [0.2, 0.25) is 5.02 Å². The molecule has 0 aliphatic heterocycles. The highest BCUT2D eigenvalue weighted by Gasteiger charge is 2.48. The van der Waals surface area contributed by atoms with Crippen molar-refractivity contribution in [1.29, 1.82) is 0 Å². The fourth-order valence-corrected chi connectivity index (χ4v) is 4.84. The Bertz CT molecular complexity index is 1480. The third-order valence-electron chi connectivity index (χ3n) is 6.20. The van der Waals surface area contributed by atoms with E-state index in [4.69, 9.17) is 11.6 Å². The number of hydrogen-bond donors (Lipinski definition) is 0. The van der Waals surface area contributed by atoms with Crippen LogP contribution in [0.25, 0.3) is 33.4 Å². The lowest BCUT2D eigenvalue weighted by Crippen LogP contribution is -2.28. The Kier molecular flexibility index (Phi) is 8.48. The molecule has 0 heterocycles. The summed E-state index contributed by atoms with van der Waals surface area (Å²) in [4.78, 5) is 0. The summed E-state index contributed by atoms with van der Waals surface area (Å²) in [6.45, 7) is 2.20. The normalized spacial score (nSPS) is 11.9. The molecule has 3 nitrogen and oxygen atoms in total. The first kappa shape index (κ1) is 27.7. The largest absolute Gasteiger partial charge is 0.534 e. The Morgan fingerprint density at radius 3 is 1.74 bits per heavy atom. The van der Waals surface area contributed by atoms with Crippen LogP contribution in [0.5, 0.6) is 5.75 Å². The van der Waals surface area contributed by atoms with Gasteiger partial charge in [0.25, 0.3) is 0 Å². The summed E-state index contributed by atoms with van der Waals surface area (Å²) in [7, 11) is -5.73. The molecule has 0 amide bonds. The van der Waals surface area contributed by atoms with Crippen LogP contribution in [0.1, 0.15) is 31.7 Å². The van der Waals surface area contributed by atoms with Crippen molar-refractivity contribution in [3.63, 3.8) is 0 Å². The molecule has 4 aromatic rings. The molecule has 0 saturated heterocycles. The summed E-state index contributed by atoms with van der Waals surface area (Å²) in [5.41, 5.74) is 1.27. The van der Waals surface area contributed by atoms with Gasteiger partial charge in [-0.05, 0) is 64.4 Å². The van der Waals surface area contributed by atoms with Crippen LogP contribution >= 0.6 is 11.6 Å². The molecule has 4 rings (SSSR count). The average molecular weight is 559 g/mol. The SMILES string of the molecule is CCCCCc1ccc(-c2ccc(-c3ccc(-c4ccc(OS(=O)(=O)C(F)(F)F)cc4)c(Cl)c3)cc2)cc1. The monoisotopic (exact) mass is 558 g/mol. The molecule has 0 radical (unpaired) electrons. The highest BCUT2D eigenvalue weighted by molar-refractivity contribution is 7.88. The third-order valence-corrected chi connectivity index (χ3v) is 7.49. The summed E-state index contributed by atoms with van der Waals surface area (Å²) >= 11 is 6.53. The zero-order chi connectivity index (χ0) is 27.3. The van der Waals surface area contributed by atoms with Gasteiger partial charge in [0.05, 0.1) is 0 Å². The standard InChI is InChI=1S/C30H26ClF3O3S/c1-2-3-4-5-21-6-8-22(9-7-21)23-10-12-24(13-11-23)26-16-19-28(29(31)20-26)25-14-17-27(18-15-25)37-38(35,36)30(32,33)34/h6-20H,2-5H2,1H3. The minimum atomic E-state index is -5.73. The topological polar surface area (TPSA) is 43.4 Å². The number of benzene rings is 4. The molecule has 0 fully saturated rings. The number of hydrogen-bond acceptors (Lipinski definition) is 3. The zero-order valence-electron chi connectivity index (χ0n) is 20.6. The van der Waals surface area contributed by atoms with Gasteiger partial charge in [0.2, 0.25) is 0 Å². The smallest absolute Gasteiger partial charge is 0.376 e. The lowest BCUT2D eigenvalue weighted by atomic mass is 9.97. The Hall–Kier alpha value is -3.29. The van der Waals surface area contributed by atoms with Gasteiger partial charge in [-0.2, -0.15) is 21.6 Å². The fourth-order valence-electron chi connectivity index (χ4n) is 4.09. The van der Waals surface area contributed by atoms with E-state index in [9.17, 15) is 21.6 Å². The molecule has 0 bridgehead atoms. The van der Waals surface area contributed by atoms with Crippen molar-refractivity contribution >= 4 is 21.7 Å². The van der Waals surface area contributed by atoms with E-state index in [1.54, 1.807) is 0 Å². The molecule has 0 aromatic heterocycles. The lowest BCUT2D eigenvalue weighted by molar-refractivity contribution is -0.0500. The molecule has 0 spiro atoms. The maximum atomic E-state index is 12.5. The van der Waals surface area contributed by atoms with Gasteiger partial charge in [-0.1, -0.05) is 104 Å². The Labute approximate surface area is 226 Å². The van der Waals surface area contributed by atoms with Gasteiger partial charge in [-0.3, -0.25) is 0 Å². The van der Waals surface area contributed by atoms with Crippen molar-refractivity contribution in [2.75, 3.05) is 0 Å². The fraction of sp³-hybridized carbons (Fsp3) is 0.200. The van der Waals surface area contributed by atoms with Crippen molar-refractivity contribution < 1.29 is 25.8 Å². The number of aryl methyl sites for hydroxylation is 1. The van der Waals surface area contributed by atoms with Gasteiger partial charge in [0.1, 0.15) is 5.75 Å². The van der Waals surface area contributed by atoms with E-state index in [0.29, 0.717) is 16.1 Å². The second-order valence-corrected chi connectivity index (χ2v) is 10.9. The van der Waals surface area contributed by atoms with E-state index in [0.717, 1.165) is 40.8 Å². The average Bonchev–Trinajstić information content (AvgIpc) is 2.89. The van der Waals surface area contributed by atoms with Gasteiger partial charge in [-0.15, -0.1) is 0 Å². The predicted octanol–water partition coefficient (Wildman–Crippen LogP) is 9.30. The number of rotatable bonds is 9. The van der Waals surface area contributed by atoms with Crippen LogP contribution in [0.3, 0.4) is 0 Å². The molecule has 0 atom stereocenters. The molecule has 8 heteroatoms. The molecular weight excluding hydrogens is 533 g/mol. The van der Waals surface area contributed by atoms with Gasteiger partial charge >= 0.3 is 15.6 Å². The van der Waals surface area contributed by atoms with Crippen molar-refractivity contribution in [2.45, 2.75) is 38.1 Å². The van der Waals surface area contributed by atoms with Crippen molar-refractivity contribution in [3.05, 3.63) is 102 Å². The summed E-state index contributed by atoms with van der Waals surface area (Å²) in [6.07, 6.45) is 4.76. The minimum Gasteiger partial charge on any atom is -0.376 e. The third kappa shape index (κ3) is 6.58. The van der Waals surface area contributed by atoms with E-state index in [1.165, 1.54) is 37.0 Å². The summed E-state index contributed by atoms with van der Waals surface area (Å²) in [5.74, 6) is -0.440. The number of unbranched alkanes of at least 4 members (excludes halogenated alkanes) is 2. The first-order chi connectivity index (χ1) is 18.1. The molecule has 0 aliphatic carbocycles. The van der Waals surface area contributed by atoms with Crippen molar-refractivity contribution in [1.82, 2.24) is 0 Å². The Morgan fingerprint density at radius 1 is 0.711 bits per heavy atom. The van der Waals surface area contributed by atoms with Crippen molar-refractivity contribution in [2.24, 2.45) is 0 Å². The number of halogens is 4. The molecule has 4 aromatic carbocycles. The van der Waals surface area contributed by atoms with Gasteiger partial charge in [-0.25, -0.2) is 0 Å². The molecule has 198 valence electrons. The highest BCUT2D eigenvalue weighted by Crippen LogP contribution is 2.35. The van der Waals surface area contributed by atoms with Crippen molar-refractivity contribution in [3.8, 4) is 39.1 Å². The molecule has 0 unspecified atom stereocenters. The minimum absolute atomic E-state index is 0.440. The maximum absolute atomic E-state index is 12.5. The zero-order valence-corrected chi connectivity index (χ0v) is 22.2. The lowest BCUT2D eigenvalue weighted by Gasteiger charge is -2.11. The first-order valence-electron chi connectivity index (χ1n) is 12.2. The molecule has 0 saturated carbocycles. The van der Waals surface area contributed by atoms with Crippen LogP contribution in [0, 0.1) is 0 Å². The van der Waals surface area contributed by atoms with E-state index >= 15 is 0 Å². The maximum Gasteiger partial charge on any atom is 0.534 e. The van der Waals surface area contributed by atoms with E-state index < -0.39 is 21.4 Å². The Balaban J connectivity index is 1.46. The van der Waals surface area contributed by atoms with Crippen LogP contribution in [0.15, 0.2) is 91.0 Å². The van der Waals surface area contributed by atoms with E-state index in [1.807, 2.05) is 30.3 Å². The van der Waals surface area contributed by atoms with Crippen LogP contribution in [-0.2, 0) is 16.5 Å².